The molecule has 0 aliphatic carbocycles. The van der Waals surface area contributed by atoms with E-state index < -0.39 is 15.8 Å². The zero-order valence-corrected chi connectivity index (χ0v) is 15.3. The van der Waals surface area contributed by atoms with Crippen LogP contribution in [-0.4, -0.2) is 77.5 Å². The molecule has 7 nitrogen and oxygen atoms in total. The fraction of sp³-hybridized carbons (Fsp3) is 0.500. The Bertz CT molecular complexity index is 923. The van der Waals surface area contributed by atoms with E-state index in [1.54, 1.807) is 0 Å². The molecule has 2 N–H and O–H groups in total. The maximum Gasteiger partial charge on any atom is 0.304 e. The van der Waals surface area contributed by atoms with Crippen LogP contribution in [-0.2, 0) is 21.2 Å². The first kappa shape index (κ1) is 17.5. The molecular weight excluding hydrogens is 354 g/mol. The summed E-state index contributed by atoms with van der Waals surface area (Å²) in [4.78, 5) is 18.4. The molecule has 2 aliphatic rings. The highest BCUT2D eigenvalue weighted by molar-refractivity contribution is 7.91. The number of carbonyl (C=O) groups is 1. The monoisotopic (exact) mass is 377 g/mol. The fourth-order valence-corrected chi connectivity index (χ4v) is 6.29. The molecule has 0 saturated carbocycles. The number of carboxylic acids is 1. The first-order chi connectivity index (χ1) is 12.4. The molecule has 1 aromatic carbocycles. The lowest BCUT2D eigenvalue weighted by atomic mass is 10.0. The van der Waals surface area contributed by atoms with Gasteiger partial charge in [0.05, 0.1) is 17.9 Å². The van der Waals surface area contributed by atoms with Crippen LogP contribution in [0.25, 0.3) is 10.9 Å². The summed E-state index contributed by atoms with van der Waals surface area (Å²) in [5, 5.41) is 10.1. The lowest BCUT2D eigenvalue weighted by Gasteiger charge is -2.43. The van der Waals surface area contributed by atoms with Gasteiger partial charge in [-0.2, -0.15) is 0 Å². The molecule has 3 heterocycles. The standard InChI is InChI=1S/C18H23N3O4S/c22-18(23)4-6-20-7-8-21(17-12-26(24,25)11-16(17)20)10-13-1-2-15-14(9-13)3-5-19-15/h1-3,5,9,16-17,19H,4,6-8,10-12H2,(H,22,23)/t16-,17+/m0/s1. The Hall–Kier alpha value is -1.90. The first-order valence-electron chi connectivity index (χ1n) is 8.88. The summed E-state index contributed by atoms with van der Waals surface area (Å²) in [6.07, 6.45) is 1.96. The Labute approximate surface area is 152 Å². The predicted molar refractivity (Wildman–Crippen MR) is 98.8 cm³/mol. The van der Waals surface area contributed by atoms with Gasteiger partial charge in [0.1, 0.15) is 0 Å². The summed E-state index contributed by atoms with van der Waals surface area (Å²) < 4.78 is 24.5. The van der Waals surface area contributed by atoms with Gasteiger partial charge in [-0.1, -0.05) is 6.07 Å². The predicted octanol–water partition coefficient (Wildman–Crippen LogP) is 0.926. The summed E-state index contributed by atoms with van der Waals surface area (Å²) in [5.41, 5.74) is 2.26. The number of aromatic amines is 1. The zero-order valence-electron chi connectivity index (χ0n) is 14.5. The van der Waals surface area contributed by atoms with Gasteiger partial charge < -0.3 is 10.1 Å². The van der Waals surface area contributed by atoms with Crippen LogP contribution in [0.3, 0.4) is 0 Å². The number of aromatic nitrogens is 1. The van der Waals surface area contributed by atoms with E-state index in [0.717, 1.165) is 17.4 Å². The topological polar surface area (TPSA) is 93.7 Å². The highest BCUT2D eigenvalue weighted by Crippen LogP contribution is 2.28. The number of H-pyrrole nitrogens is 1. The van der Waals surface area contributed by atoms with Gasteiger partial charge in [0.15, 0.2) is 9.84 Å². The van der Waals surface area contributed by atoms with Gasteiger partial charge >= 0.3 is 5.97 Å². The normalized spacial score (nSPS) is 26.2. The number of rotatable bonds is 5. The maximum atomic E-state index is 12.2. The van der Waals surface area contributed by atoms with Crippen molar-refractivity contribution >= 4 is 26.7 Å². The van der Waals surface area contributed by atoms with Gasteiger partial charge in [0, 0.05) is 50.0 Å². The molecule has 1 aromatic heterocycles. The molecular formula is C18H23N3O4S. The molecule has 8 heteroatoms. The number of nitrogens with zero attached hydrogens (tertiary/aromatic N) is 2. The molecule has 26 heavy (non-hydrogen) atoms. The summed E-state index contributed by atoms with van der Waals surface area (Å²) in [6, 6.07) is 8.13. The number of benzene rings is 1. The number of nitrogens with one attached hydrogen (secondary N) is 1. The minimum Gasteiger partial charge on any atom is -0.481 e. The number of hydrogen-bond acceptors (Lipinski definition) is 5. The van der Waals surface area contributed by atoms with E-state index in [1.165, 1.54) is 5.56 Å². The maximum absolute atomic E-state index is 12.2. The minimum atomic E-state index is -3.09. The summed E-state index contributed by atoms with van der Waals surface area (Å²) in [6.45, 7) is 2.58. The van der Waals surface area contributed by atoms with Crippen molar-refractivity contribution in [3.05, 3.63) is 36.0 Å². The molecule has 2 fully saturated rings. The molecule has 0 radical (unpaired) electrons. The van der Waals surface area contributed by atoms with Crippen molar-refractivity contribution in [1.82, 2.24) is 14.8 Å². The molecule has 140 valence electrons. The van der Waals surface area contributed by atoms with E-state index in [4.69, 9.17) is 5.11 Å². The lowest BCUT2D eigenvalue weighted by molar-refractivity contribution is -0.137. The van der Waals surface area contributed by atoms with E-state index in [2.05, 4.69) is 33.0 Å². The van der Waals surface area contributed by atoms with E-state index in [-0.39, 0.29) is 30.0 Å². The van der Waals surface area contributed by atoms with Gasteiger partial charge in [-0.15, -0.1) is 0 Å². The van der Waals surface area contributed by atoms with E-state index in [0.29, 0.717) is 19.6 Å². The summed E-state index contributed by atoms with van der Waals surface area (Å²) in [7, 11) is -3.09. The van der Waals surface area contributed by atoms with Crippen LogP contribution in [0.2, 0.25) is 0 Å². The first-order valence-corrected chi connectivity index (χ1v) is 10.7. The van der Waals surface area contributed by atoms with Gasteiger partial charge in [-0.25, -0.2) is 8.42 Å². The third kappa shape index (κ3) is 3.49. The number of hydrogen-bond donors (Lipinski definition) is 2. The molecule has 4 rings (SSSR count). The van der Waals surface area contributed by atoms with E-state index in [1.807, 2.05) is 12.3 Å². The number of fused-ring (bicyclic) bond motifs is 2. The Morgan fingerprint density at radius 3 is 2.65 bits per heavy atom. The van der Waals surface area contributed by atoms with Crippen LogP contribution in [0, 0.1) is 0 Å². The zero-order chi connectivity index (χ0) is 18.3. The van der Waals surface area contributed by atoms with Gasteiger partial charge in [-0.3, -0.25) is 14.6 Å². The van der Waals surface area contributed by atoms with Crippen LogP contribution in [0.1, 0.15) is 12.0 Å². The highest BCUT2D eigenvalue weighted by atomic mass is 32.2. The van der Waals surface area contributed by atoms with Crippen molar-refractivity contribution < 1.29 is 18.3 Å². The molecule has 2 saturated heterocycles. The minimum absolute atomic E-state index is 0.0490. The molecule has 0 spiro atoms. The average Bonchev–Trinajstić information content (AvgIpc) is 3.16. The van der Waals surface area contributed by atoms with Gasteiger partial charge in [0.2, 0.25) is 0 Å². The van der Waals surface area contributed by atoms with Crippen molar-refractivity contribution in [2.24, 2.45) is 0 Å². The van der Waals surface area contributed by atoms with Crippen LogP contribution in [0.4, 0.5) is 0 Å². The highest BCUT2D eigenvalue weighted by Gasteiger charge is 2.46. The number of piperazine rings is 1. The van der Waals surface area contributed by atoms with Crippen molar-refractivity contribution in [2.75, 3.05) is 31.1 Å². The molecule has 0 unspecified atom stereocenters. The van der Waals surface area contributed by atoms with Crippen molar-refractivity contribution in [3.63, 3.8) is 0 Å². The second kappa shape index (κ2) is 6.68. The Kier molecular flexibility index (Phi) is 4.50. The van der Waals surface area contributed by atoms with Crippen LogP contribution in [0.5, 0.6) is 0 Å². The third-order valence-electron chi connectivity index (χ3n) is 5.52. The number of sulfone groups is 1. The average molecular weight is 377 g/mol. The molecule has 2 aliphatic heterocycles. The van der Waals surface area contributed by atoms with Crippen LogP contribution < -0.4 is 0 Å². The Morgan fingerprint density at radius 2 is 1.88 bits per heavy atom. The van der Waals surface area contributed by atoms with Gasteiger partial charge in [0.25, 0.3) is 0 Å². The van der Waals surface area contributed by atoms with Crippen molar-refractivity contribution in [3.8, 4) is 0 Å². The number of carboxylic acid groups (broad SMARTS) is 1. The third-order valence-corrected chi connectivity index (χ3v) is 7.22. The van der Waals surface area contributed by atoms with Crippen LogP contribution >= 0.6 is 0 Å². The van der Waals surface area contributed by atoms with Crippen molar-refractivity contribution in [2.45, 2.75) is 25.0 Å². The van der Waals surface area contributed by atoms with Gasteiger partial charge in [-0.05, 0) is 29.1 Å². The summed E-state index contributed by atoms with van der Waals surface area (Å²) in [5.74, 6) is -0.553. The number of aliphatic carboxylic acids is 1. The Morgan fingerprint density at radius 1 is 1.15 bits per heavy atom. The fourth-order valence-electron chi connectivity index (χ4n) is 4.25. The quantitative estimate of drug-likeness (QED) is 0.805. The van der Waals surface area contributed by atoms with E-state index in [9.17, 15) is 13.2 Å². The van der Waals surface area contributed by atoms with Crippen LogP contribution in [0.15, 0.2) is 30.5 Å². The second-order valence-electron chi connectivity index (χ2n) is 7.26. The SMILES string of the molecule is O=C(O)CCN1CCN(Cc2ccc3[nH]ccc3c2)[C@@H]2CS(=O)(=O)C[C@@H]21. The molecule has 0 bridgehead atoms. The molecule has 2 atom stereocenters. The molecule has 0 amide bonds. The molecule has 2 aromatic rings. The lowest BCUT2D eigenvalue weighted by Crippen LogP contribution is -2.58. The van der Waals surface area contributed by atoms with E-state index >= 15 is 0 Å². The van der Waals surface area contributed by atoms with Crippen molar-refractivity contribution in [1.29, 1.82) is 0 Å². The largest absolute Gasteiger partial charge is 0.481 e. The second-order valence-corrected chi connectivity index (χ2v) is 9.41. The summed E-state index contributed by atoms with van der Waals surface area (Å²) >= 11 is 0. The smallest absolute Gasteiger partial charge is 0.304 e. The Balaban J connectivity index is 1.53.